The molecular formula is C21H29N5O. The molecule has 0 saturated carbocycles. The molecule has 2 atom stereocenters. The van der Waals surface area contributed by atoms with Gasteiger partial charge in [0.15, 0.2) is 0 Å². The van der Waals surface area contributed by atoms with Crippen LogP contribution in [0, 0.1) is 5.92 Å². The van der Waals surface area contributed by atoms with E-state index in [-0.39, 0.29) is 11.9 Å². The molecule has 1 amide bonds. The van der Waals surface area contributed by atoms with Gasteiger partial charge in [-0.2, -0.15) is 0 Å². The van der Waals surface area contributed by atoms with Gasteiger partial charge in [0.1, 0.15) is 5.82 Å². The quantitative estimate of drug-likeness (QED) is 0.819. The van der Waals surface area contributed by atoms with E-state index in [1.807, 2.05) is 18.5 Å². The molecule has 2 saturated heterocycles. The Morgan fingerprint density at radius 3 is 2.93 bits per heavy atom. The number of imidazole rings is 1. The zero-order chi connectivity index (χ0) is 18.5. The Morgan fingerprint density at radius 2 is 2.11 bits per heavy atom. The highest BCUT2D eigenvalue weighted by molar-refractivity contribution is 5.81. The Balaban J connectivity index is 1.31. The van der Waals surface area contributed by atoms with Crippen LogP contribution in [0.4, 0.5) is 0 Å². The topological polar surface area (TPSA) is 62.2 Å². The van der Waals surface area contributed by atoms with Crippen molar-refractivity contribution in [3.8, 4) is 5.69 Å². The molecule has 6 heteroatoms. The molecule has 2 unspecified atom stereocenters. The van der Waals surface area contributed by atoms with E-state index in [1.165, 1.54) is 12.8 Å². The summed E-state index contributed by atoms with van der Waals surface area (Å²) in [6, 6.07) is 10.4. The lowest BCUT2D eigenvalue weighted by Gasteiger charge is -2.32. The molecule has 2 aliphatic rings. The van der Waals surface area contributed by atoms with E-state index < -0.39 is 0 Å². The minimum Gasteiger partial charge on any atom is -0.354 e. The maximum atomic E-state index is 12.2. The van der Waals surface area contributed by atoms with Gasteiger partial charge in [-0.1, -0.05) is 18.2 Å². The average molecular weight is 367 g/mol. The number of carbonyl (C=O) groups excluding carboxylic acids is 1. The summed E-state index contributed by atoms with van der Waals surface area (Å²) >= 11 is 0. The molecule has 2 aliphatic heterocycles. The van der Waals surface area contributed by atoms with Gasteiger partial charge in [0.05, 0.1) is 12.6 Å². The normalized spacial score (nSPS) is 23.4. The molecule has 0 aliphatic carbocycles. The van der Waals surface area contributed by atoms with Gasteiger partial charge < -0.3 is 15.2 Å². The van der Waals surface area contributed by atoms with E-state index in [4.69, 9.17) is 0 Å². The smallest absolute Gasteiger partial charge is 0.237 e. The number of amides is 1. The lowest BCUT2D eigenvalue weighted by Crippen LogP contribution is -2.45. The van der Waals surface area contributed by atoms with E-state index in [1.54, 1.807) is 0 Å². The molecule has 0 radical (unpaired) electrons. The lowest BCUT2D eigenvalue weighted by molar-refractivity contribution is -0.123. The predicted octanol–water partition coefficient (Wildman–Crippen LogP) is 1.95. The third-order valence-electron chi connectivity index (χ3n) is 5.66. The van der Waals surface area contributed by atoms with Crippen molar-refractivity contribution < 1.29 is 4.79 Å². The maximum absolute atomic E-state index is 12.2. The molecule has 2 fully saturated rings. The van der Waals surface area contributed by atoms with Crippen LogP contribution < -0.4 is 10.6 Å². The van der Waals surface area contributed by atoms with Crippen LogP contribution in [0.1, 0.15) is 31.5 Å². The molecule has 2 aromatic rings. The predicted molar refractivity (Wildman–Crippen MR) is 106 cm³/mol. The van der Waals surface area contributed by atoms with Crippen LogP contribution in [0.3, 0.4) is 0 Å². The number of hydrogen-bond donors (Lipinski definition) is 2. The van der Waals surface area contributed by atoms with Crippen LogP contribution in [-0.2, 0) is 11.3 Å². The van der Waals surface area contributed by atoms with Crippen molar-refractivity contribution in [2.24, 2.45) is 5.92 Å². The fraction of sp³-hybridized carbons (Fsp3) is 0.524. The van der Waals surface area contributed by atoms with E-state index >= 15 is 0 Å². The van der Waals surface area contributed by atoms with Gasteiger partial charge in [-0.05, 0) is 56.8 Å². The lowest BCUT2D eigenvalue weighted by atomic mass is 9.98. The van der Waals surface area contributed by atoms with Gasteiger partial charge >= 0.3 is 0 Å². The second-order valence-electron chi connectivity index (χ2n) is 7.69. The van der Waals surface area contributed by atoms with Gasteiger partial charge in [-0.15, -0.1) is 0 Å². The molecule has 2 N–H and O–H groups in total. The molecule has 27 heavy (non-hydrogen) atoms. The SMILES string of the molecule is O=C(NCC1CCCN(Cc2nccn2-c2ccccc2)C1)C1CCCN1. The minimum atomic E-state index is 0.0167. The summed E-state index contributed by atoms with van der Waals surface area (Å²) in [5, 5.41) is 6.43. The van der Waals surface area contributed by atoms with Gasteiger partial charge in [0.2, 0.25) is 5.91 Å². The molecule has 3 heterocycles. The van der Waals surface area contributed by atoms with Crippen LogP contribution in [0.2, 0.25) is 0 Å². The first-order valence-electron chi connectivity index (χ1n) is 10.1. The monoisotopic (exact) mass is 367 g/mol. The van der Waals surface area contributed by atoms with Gasteiger partial charge in [0.25, 0.3) is 0 Å². The summed E-state index contributed by atoms with van der Waals surface area (Å²) in [4.78, 5) is 19.3. The highest BCUT2D eigenvalue weighted by Gasteiger charge is 2.25. The number of carbonyl (C=O) groups is 1. The Labute approximate surface area is 161 Å². The van der Waals surface area contributed by atoms with Crippen molar-refractivity contribution in [1.82, 2.24) is 25.1 Å². The average Bonchev–Trinajstić information content (AvgIpc) is 3.39. The molecule has 0 bridgehead atoms. The Hall–Kier alpha value is -2.18. The molecular weight excluding hydrogens is 338 g/mol. The second-order valence-corrected chi connectivity index (χ2v) is 7.69. The fourth-order valence-corrected chi connectivity index (χ4v) is 4.21. The second kappa shape index (κ2) is 8.67. The van der Waals surface area contributed by atoms with Crippen molar-refractivity contribution >= 4 is 5.91 Å². The number of rotatable bonds is 6. The number of likely N-dealkylation sites (tertiary alicyclic amines) is 1. The molecule has 1 aromatic heterocycles. The Bertz CT molecular complexity index is 738. The first-order chi connectivity index (χ1) is 13.3. The van der Waals surface area contributed by atoms with Gasteiger partial charge in [0, 0.05) is 31.2 Å². The van der Waals surface area contributed by atoms with E-state index in [2.05, 4.69) is 49.4 Å². The van der Waals surface area contributed by atoms with Crippen molar-refractivity contribution in [2.75, 3.05) is 26.2 Å². The van der Waals surface area contributed by atoms with Crippen LogP contribution in [0.25, 0.3) is 5.69 Å². The number of aromatic nitrogens is 2. The third kappa shape index (κ3) is 4.57. The van der Waals surface area contributed by atoms with Crippen LogP contribution >= 0.6 is 0 Å². The Kier molecular flexibility index (Phi) is 5.84. The molecule has 0 spiro atoms. The number of nitrogens with zero attached hydrogens (tertiary/aromatic N) is 3. The number of hydrogen-bond acceptors (Lipinski definition) is 4. The van der Waals surface area contributed by atoms with Crippen LogP contribution in [0.15, 0.2) is 42.7 Å². The van der Waals surface area contributed by atoms with Gasteiger partial charge in [-0.25, -0.2) is 4.98 Å². The van der Waals surface area contributed by atoms with E-state index in [9.17, 15) is 4.79 Å². The summed E-state index contributed by atoms with van der Waals surface area (Å²) in [5.41, 5.74) is 1.15. The first kappa shape index (κ1) is 18.2. The van der Waals surface area contributed by atoms with Crippen LogP contribution in [0.5, 0.6) is 0 Å². The first-order valence-corrected chi connectivity index (χ1v) is 10.1. The molecule has 6 nitrogen and oxygen atoms in total. The summed E-state index contributed by atoms with van der Waals surface area (Å²) in [6.45, 7) is 4.69. The van der Waals surface area contributed by atoms with E-state index in [0.717, 1.165) is 57.1 Å². The number of nitrogens with one attached hydrogen (secondary N) is 2. The highest BCUT2D eigenvalue weighted by atomic mass is 16.2. The maximum Gasteiger partial charge on any atom is 0.237 e. The molecule has 1 aromatic carbocycles. The highest BCUT2D eigenvalue weighted by Crippen LogP contribution is 2.19. The van der Waals surface area contributed by atoms with E-state index in [0.29, 0.717) is 5.92 Å². The van der Waals surface area contributed by atoms with Crippen LogP contribution in [-0.4, -0.2) is 52.6 Å². The van der Waals surface area contributed by atoms with Crippen molar-refractivity contribution in [3.63, 3.8) is 0 Å². The Morgan fingerprint density at radius 1 is 1.22 bits per heavy atom. The summed E-state index contributed by atoms with van der Waals surface area (Å²) in [7, 11) is 0. The fourth-order valence-electron chi connectivity index (χ4n) is 4.21. The third-order valence-corrected chi connectivity index (χ3v) is 5.66. The molecule has 4 rings (SSSR count). The van der Waals surface area contributed by atoms with Crippen molar-refractivity contribution in [1.29, 1.82) is 0 Å². The summed E-state index contributed by atoms with van der Waals surface area (Å²) in [5.74, 6) is 1.76. The summed E-state index contributed by atoms with van der Waals surface area (Å²) < 4.78 is 2.16. The number of para-hydroxylation sites is 1. The zero-order valence-electron chi connectivity index (χ0n) is 15.8. The number of piperidine rings is 1. The summed E-state index contributed by atoms with van der Waals surface area (Å²) in [6.07, 6.45) is 8.32. The van der Waals surface area contributed by atoms with Gasteiger partial charge in [-0.3, -0.25) is 9.69 Å². The number of benzene rings is 1. The largest absolute Gasteiger partial charge is 0.354 e. The standard InChI is InChI=1S/C21H29N5O/c27-21(19-9-4-10-22-19)24-14-17-6-5-12-25(15-17)16-20-23-11-13-26(20)18-7-2-1-3-8-18/h1-3,7-8,11,13,17,19,22H,4-6,9-10,12,14-16H2,(H,24,27). The van der Waals surface area contributed by atoms with Crippen molar-refractivity contribution in [2.45, 2.75) is 38.3 Å². The van der Waals surface area contributed by atoms with Crippen molar-refractivity contribution in [3.05, 3.63) is 48.5 Å². The zero-order valence-corrected chi connectivity index (χ0v) is 15.8. The minimum absolute atomic E-state index is 0.0167. The molecule has 144 valence electrons.